The Labute approximate surface area is 172 Å². The van der Waals surface area contributed by atoms with E-state index in [0.29, 0.717) is 36.6 Å². The molecule has 2 aromatic rings. The fourth-order valence-corrected chi connectivity index (χ4v) is 4.45. The second-order valence-corrected chi connectivity index (χ2v) is 8.36. The highest BCUT2D eigenvalue weighted by Crippen LogP contribution is 2.36. The summed E-state index contributed by atoms with van der Waals surface area (Å²) in [7, 11) is 1.64. The number of aryl methyl sites for hydroxylation is 1. The molecule has 6 nitrogen and oxygen atoms in total. The summed E-state index contributed by atoms with van der Waals surface area (Å²) >= 11 is 0. The number of hydrogen-bond acceptors (Lipinski definition) is 5. The molecular formula is C23H31N3O3. The Morgan fingerprint density at radius 1 is 1.10 bits per heavy atom. The zero-order valence-corrected chi connectivity index (χ0v) is 17.5. The number of amides is 1. The van der Waals surface area contributed by atoms with E-state index in [1.54, 1.807) is 7.11 Å². The van der Waals surface area contributed by atoms with Crippen LogP contribution in [0.25, 0.3) is 11.4 Å². The number of carbonyl (C=O) groups excluding carboxylic acids is 1. The van der Waals surface area contributed by atoms with Gasteiger partial charge in [-0.25, -0.2) is 0 Å². The third-order valence-corrected chi connectivity index (χ3v) is 6.38. The highest BCUT2D eigenvalue weighted by molar-refractivity contribution is 5.77. The van der Waals surface area contributed by atoms with Gasteiger partial charge in [-0.1, -0.05) is 18.5 Å². The van der Waals surface area contributed by atoms with Gasteiger partial charge < -0.3 is 14.2 Å². The molecule has 0 aliphatic heterocycles. The second-order valence-electron chi connectivity index (χ2n) is 8.36. The Morgan fingerprint density at radius 2 is 1.76 bits per heavy atom. The minimum Gasteiger partial charge on any atom is -0.497 e. The molecule has 4 rings (SSSR count). The average Bonchev–Trinajstić information content (AvgIpc) is 3.48. The molecule has 1 aromatic carbocycles. The molecule has 0 unspecified atom stereocenters. The van der Waals surface area contributed by atoms with Gasteiger partial charge in [-0.15, -0.1) is 0 Å². The molecule has 2 aliphatic rings. The summed E-state index contributed by atoms with van der Waals surface area (Å²) in [5.74, 6) is 2.95. The Morgan fingerprint density at radius 3 is 2.34 bits per heavy atom. The van der Waals surface area contributed by atoms with Crippen LogP contribution < -0.4 is 4.74 Å². The van der Waals surface area contributed by atoms with Crippen LogP contribution in [0.4, 0.5) is 0 Å². The molecule has 29 heavy (non-hydrogen) atoms. The van der Waals surface area contributed by atoms with Crippen LogP contribution in [0.3, 0.4) is 0 Å². The van der Waals surface area contributed by atoms with Gasteiger partial charge >= 0.3 is 0 Å². The van der Waals surface area contributed by atoms with Crippen molar-refractivity contribution < 1.29 is 14.1 Å². The molecular weight excluding hydrogens is 366 g/mol. The molecule has 1 heterocycles. The Balaban J connectivity index is 1.34. The average molecular weight is 398 g/mol. The topological polar surface area (TPSA) is 68.5 Å². The van der Waals surface area contributed by atoms with Gasteiger partial charge in [-0.3, -0.25) is 4.79 Å². The molecule has 0 atom stereocenters. The predicted octanol–water partition coefficient (Wildman–Crippen LogP) is 4.64. The molecule has 6 heteroatoms. The third kappa shape index (κ3) is 4.80. The summed E-state index contributed by atoms with van der Waals surface area (Å²) in [5.41, 5.74) is 0.874. The minimum absolute atomic E-state index is 0.247. The number of rotatable bonds is 8. The third-order valence-electron chi connectivity index (χ3n) is 6.38. The zero-order chi connectivity index (χ0) is 20.2. The van der Waals surface area contributed by atoms with Crippen LogP contribution in [0.5, 0.6) is 5.75 Å². The second kappa shape index (κ2) is 8.97. The van der Waals surface area contributed by atoms with E-state index in [9.17, 15) is 4.79 Å². The fourth-order valence-electron chi connectivity index (χ4n) is 4.45. The van der Waals surface area contributed by atoms with Gasteiger partial charge in [0.25, 0.3) is 0 Å². The SMILES string of the molecule is CCC1CCC(N(C(=O)CCc2nc(-c3ccc(OC)cc3)no2)C2CC2)CC1. The summed E-state index contributed by atoms with van der Waals surface area (Å²) in [5, 5.41) is 4.07. The van der Waals surface area contributed by atoms with Gasteiger partial charge in [-0.05, 0) is 68.7 Å². The maximum atomic E-state index is 13.0. The number of ether oxygens (including phenoxy) is 1. The van der Waals surface area contributed by atoms with E-state index >= 15 is 0 Å². The van der Waals surface area contributed by atoms with E-state index in [4.69, 9.17) is 9.26 Å². The molecule has 0 spiro atoms. The van der Waals surface area contributed by atoms with E-state index in [0.717, 1.165) is 42.9 Å². The van der Waals surface area contributed by atoms with Crippen LogP contribution in [-0.2, 0) is 11.2 Å². The first kappa shape index (κ1) is 19.9. The van der Waals surface area contributed by atoms with E-state index in [1.807, 2.05) is 24.3 Å². The molecule has 2 fully saturated rings. The normalized spacial score (nSPS) is 21.7. The molecule has 0 N–H and O–H groups in total. The first-order chi connectivity index (χ1) is 14.2. The quantitative estimate of drug-likeness (QED) is 0.649. The molecule has 2 saturated carbocycles. The first-order valence-corrected chi connectivity index (χ1v) is 11.0. The minimum atomic E-state index is 0.247. The number of benzene rings is 1. The lowest BCUT2D eigenvalue weighted by Crippen LogP contribution is -2.44. The number of carbonyl (C=O) groups is 1. The molecule has 2 aliphatic carbocycles. The van der Waals surface area contributed by atoms with Crippen LogP contribution >= 0.6 is 0 Å². The van der Waals surface area contributed by atoms with Crippen LogP contribution in [0.1, 0.15) is 64.2 Å². The molecule has 1 amide bonds. The van der Waals surface area contributed by atoms with Gasteiger partial charge in [0.1, 0.15) is 5.75 Å². The molecule has 0 bridgehead atoms. The van der Waals surface area contributed by atoms with Crippen molar-refractivity contribution in [1.82, 2.24) is 15.0 Å². The summed E-state index contributed by atoms with van der Waals surface area (Å²) in [6.07, 6.45) is 9.33. The zero-order valence-electron chi connectivity index (χ0n) is 17.5. The number of methoxy groups -OCH3 is 1. The van der Waals surface area contributed by atoms with E-state index in [-0.39, 0.29) is 5.91 Å². The maximum Gasteiger partial charge on any atom is 0.227 e. The van der Waals surface area contributed by atoms with Crippen molar-refractivity contribution in [3.8, 4) is 17.1 Å². The molecule has 0 radical (unpaired) electrons. The Bertz CT molecular complexity index is 805. The van der Waals surface area contributed by atoms with Gasteiger partial charge in [0.05, 0.1) is 7.11 Å². The lowest BCUT2D eigenvalue weighted by molar-refractivity contribution is -0.135. The van der Waals surface area contributed by atoms with Gasteiger partial charge in [-0.2, -0.15) is 4.98 Å². The van der Waals surface area contributed by atoms with Crippen molar-refractivity contribution in [2.45, 2.75) is 76.8 Å². The van der Waals surface area contributed by atoms with Gasteiger partial charge in [0, 0.05) is 30.5 Å². The number of nitrogens with zero attached hydrogens (tertiary/aromatic N) is 3. The lowest BCUT2D eigenvalue weighted by Gasteiger charge is -2.37. The van der Waals surface area contributed by atoms with Crippen molar-refractivity contribution in [1.29, 1.82) is 0 Å². The first-order valence-electron chi connectivity index (χ1n) is 11.0. The fraction of sp³-hybridized carbons (Fsp3) is 0.609. The van der Waals surface area contributed by atoms with Crippen molar-refractivity contribution in [3.05, 3.63) is 30.2 Å². The van der Waals surface area contributed by atoms with E-state index in [2.05, 4.69) is 22.0 Å². The summed E-state index contributed by atoms with van der Waals surface area (Å²) in [4.78, 5) is 19.7. The van der Waals surface area contributed by atoms with Crippen LogP contribution in [0, 0.1) is 5.92 Å². The van der Waals surface area contributed by atoms with Crippen LogP contribution in [0.15, 0.2) is 28.8 Å². The summed E-state index contributed by atoms with van der Waals surface area (Å²) in [6, 6.07) is 8.43. The number of hydrogen-bond donors (Lipinski definition) is 0. The predicted molar refractivity (Wildman–Crippen MR) is 111 cm³/mol. The van der Waals surface area contributed by atoms with Crippen molar-refractivity contribution in [2.24, 2.45) is 5.92 Å². The van der Waals surface area contributed by atoms with Crippen molar-refractivity contribution in [3.63, 3.8) is 0 Å². The monoisotopic (exact) mass is 397 g/mol. The Hall–Kier alpha value is -2.37. The van der Waals surface area contributed by atoms with Gasteiger partial charge in [0.15, 0.2) is 0 Å². The highest BCUT2D eigenvalue weighted by Gasteiger charge is 2.38. The standard InChI is InChI=1S/C23H31N3O3/c1-3-16-4-8-18(9-5-16)26(19-10-11-19)22(27)15-14-21-24-23(25-29-21)17-6-12-20(28-2)13-7-17/h6-7,12-13,16,18-19H,3-5,8-11,14-15H2,1-2H3. The van der Waals surface area contributed by atoms with Crippen LogP contribution in [-0.4, -0.2) is 40.1 Å². The van der Waals surface area contributed by atoms with E-state index < -0.39 is 0 Å². The van der Waals surface area contributed by atoms with Crippen molar-refractivity contribution >= 4 is 5.91 Å². The highest BCUT2D eigenvalue weighted by atomic mass is 16.5. The van der Waals surface area contributed by atoms with Gasteiger partial charge in [0.2, 0.25) is 17.6 Å². The smallest absolute Gasteiger partial charge is 0.227 e. The largest absolute Gasteiger partial charge is 0.497 e. The maximum absolute atomic E-state index is 13.0. The number of aromatic nitrogens is 2. The molecule has 1 aromatic heterocycles. The van der Waals surface area contributed by atoms with Crippen molar-refractivity contribution in [2.75, 3.05) is 7.11 Å². The van der Waals surface area contributed by atoms with E-state index in [1.165, 1.54) is 19.3 Å². The lowest BCUT2D eigenvalue weighted by atomic mass is 9.83. The molecule has 156 valence electrons. The Kier molecular flexibility index (Phi) is 6.16. The summed E-state index contributed by atoms with van der Waals surface area (Å²) in [6.45, 7) is 2.28. The summed E-state index contributed by atoms with van der Waals surface area (Å²) < 4.78 is 10.6. The van der Waals surface area contributed by atoms with Crippen LogP contribution in [0.2, 0.25) is 0 Å². The molecule has 0 saturated heterocycles.